The van der Waals surface area contributed by atoms with Crippen molar-refractivity contribution in [3.05, 3.63) is 0 Å². The molecule has 0 aliphatic carbocycles. The number of rotatable bonds is 16. The fourth-order valence-corrected chi connectivity index (χ4v) is 3.34. The van der Waals surface area contributed by atoms with E-state index in [0.29, 0.717) is 0 Å². The molecule has 1 heterocycles. The molecule has 1 rings (SSSR count). The zero-order chi connectivity index (χ0) is 16.1. The molecule has 2 atom stereocenters. The molecule has 0 aromatic rings. The highest BCUT2D eigenvalue weighted by atomic mass is 16.7. The van der Waals surface area contributed by atoms with E-state index in [9.17, 15) is 5.11 Å². The highest BCUT2D eigenvalue weighted by Crippen LogP contribution is 2.41. The largest absolute Gasteiger partial charge is 0.363 e. The lowest BCUT2D eigenvalue weighted by molar-refractivity contribution is 0.0263. The maximum Gasteiger partial charge on any atom is 0.192 e. The standard InChI is InChI=1S/C20H40O2/c1-3-5-7-9-11-12-13-15-17-19-20(21,22-19)18-16-14-10-8-6-4-2/h19,21H,3-18H2,1-2H3. The van der Waals surface area contributed by atoms with Crippen molar-refractivity contribution in [1.82, 2.24) is 0 Å². The fraction of sp³-hybridized carbons (Fsp3) is 1.00. The lowest BCUT2D eigenvalue weighted by Crippen LogP contribution is -2.13. The molecule has 0 saturated carbocycles. The molecule has 2 nitrogen and oxygen atoms in total. The lowest BCUT2D eigenvalue weighted by atomic mass is 10.0. The van der Waals surface area contributed by atoms with Crippen molar-refractivity contribution in [2.45, 2.75) is 128 Å². The van der Waals surface area contributed by atoms with Crippen molar-refractivity contribution in [2.75, 3.05) is 0 Å². The van der Waals surface area contributed by atoms with Crippen LogP contribution in [0.4, 0.5) is 0 Å². The molecular formula is C20H40O2. The molecule has 2 unspecified atom stereocenters. The predicted octanol–water partition coefficient (Wildman–Crippen LogP) is 6.36. The number of hydrogen-bond acceptors (Lipinski definition) is 2. The number of hydrogen-bond donors (Lipinski definition) is 1. The first-order valence-electron chi connectivity index (χ1n) is 10.1. The molecule has 0 aromatic carbocycles. The second-order valence-corrected chi connectivity index (χ2v) is 7.23. The van der Waals surface area contributed by atoms with Crippen molar-refractivity contribution >= 4 is 0 Å². The van der Waals surface area contributed by atoms with Crippen LogP contribution in [0.1, 0.15) is 117 Å². The van der Waals surface area contributed by atoms with E-state index in [0.717, 1.165) is 19.3 Å². The van der Waals surface area contributed by atoms with Crippen LogP contribution in [0.15, 0.2) is 0 Å². The Hall–Kier alpha value is -0.0800. The Balaban J connectivity index is 1.85. The van der Waals surface area contributed by atoms with E-state index in [2.05, 4.69) is 13.8 Å². The van der Waals surface area contributed by atoms with Crippen LogP contribution < -0.4 is 0 Å². The van der Waals surface area contributed by atoms with Gasteiger partial charge < -0.3 is 9.84 Å². The van der Waals surface area contributed by atoms with Crippen LogP contribution in [0.3, 0.4) is 0 Å². The van der Waals surface area contributed by atoms with Crippen molar-refractivity contribution in [1.29, 1.82) is 0 Å². The zero-order valence-corrected chi connectivity index (χ0v) is 15.2. The van der Waals surface area contributed by atoms with Gasteiger partial charge in [0.1, 0.15) is 6.10 Å². The fourth-order valence-electron chi connectivity index (χ4n) is 3.34. The predicted molar refractivity (Wildman–Crippen MR) is 95.0 cm³/mol. The van der Waals surface area contributed by atoms with Crippen molar-refractivity contribution in [3.63, 3.8) is 0 Å². The first-order chi connectivity index (χ1) is 10.7. The van der Waals surface area contributed by atoms with Gasteiger partial charge in [-0.3, -0.25) is 0 Å². The summed E-state index contributed by atoms with van der Waals surface area (Å²) in [7, 11) is 0. The number of aliphatic hydroxyl groups is 1. The van der Waals surface area contributed by atoms with Gasteiger partial charge in [-0.2, -0.15) is 0 Å². The maximum absolute atomic E-state index is 10.3. The van der Waals surface area contributed by atoms with Gasteiger partial charge in [-0.15, -0.1) is 0 Å². The summed E-state index contributed by atoms with van der Waals surface area (Å²) in [6.07, 6.45) is 20.5. The molecule has 0 spiro atoms. The second-order valence-electron chi connectivity index (χ2n) is 7.23. The Labute approximate surface area is 139 Å². The molecule has 1 N–H and O–H groups in total. The van der Waals surface area contributed by atoms with Crippen LogP contribution in [-0.4, -0.2) is 17.0 Å². The van der Waals surface area contributed by atoms with E-state index in [1.165, 1.54) is 83.5 Å². The van der Waals surface area contributed by atoms with Crippen LogP contribution in [0.25, 0.3) is 0 Å². The number of unbranched alkanes of at least 4 members (excludes halogenated alkanes) is 12. The van der Waals surface area contributed by atoms with E-state index in [-0.39, 0.29) is 6.10 Å². The summed E-state index contributed by atoms with van der Waals surface area (Å²) >= 11 is 0. The van der Waals surface area contributed by atoms with Gasteiger partial charge in [0, 0.05) is 6.42 Å². The van der Waals surface area contributed by atoms with E-state index < -0.39 is 5.79 Å². The van der Waals surface area contributed by atoms with Gasteiger partial charge in [0.15, 0.2) is 5.79 Å². The van der Waals surface area contributed by atoms with Gasteiger partial charge in [0.05, 0.1) is 0 Å². The Kier molecular flexibility index (Phi) is 11.2. The van der Waals surface area contributed by atoms with Crippen molar-refractivity contribution < 1.29 is 9.84 Å². The van der Waals surface area contributed by atoms with E-state index in [1.807, 2.05) is 0 Å². The van der Waals surface area contributed by atoms with Gasteiger partial charge in [-0.05, 0) is 12.8 Å². The molecule has 1 fully saturated rings. The molecule has 1 aliphatic rings. The number of ether oxygens (including phenoxy) is 1. The van der Waals surface area contributed by atoms with Gasteiger partial charge in [-0.25, -0.2) is 0 Å². The van der Waals surface area contributed by atoms with Crippen LogP contribution in [-0.2, 0) is 4.74 Å². The summed E-state index contributed by atoms with van der Waals surface area (Å²) < 4.78 is 5.55. The van der Waals surface area contributed by atoms with Crippen LogP contribution >= 0.6 is 0 Å². The third-order valence-electron chi connectivity index (χ3n) is 5.00. The highest BCUT2D eigenvalue weighted by Gasteiger charge is 2.53. The van der Waals surface area contributed by atoms with Crippen LogP contribution in [0.5, 0.6) is 0 Å². The van der Waals surface area contributed by atoms with Crippen LogP contribution in [0.2, 0.25) is 0 Å². The first-order valence-corrected chi connectivity index (χ1v) is 10.1. The zero-order valence-electron chi connectivity index (χ0n) is 15.2. The highest BCUT2D eigenvalue weighted by molar-refractivity contribution is 4.92. The van der Waals surface area contributed by atoms with Gasteiger partial charge in [0.2, 0.25) is 0 Å². The van der Waals surface area contributed by atoms with Gasteiger partial charge >= 0.3 is 0 Å². The van der Waals surface area contributed by atoms with Gasteiger partial charge in [-0.1, -0.05) is 97.3 Å². The molecule has 0 radical (unpaired) electrons. The van der Waals surface area contributed by atoms with Crippen molar-refractivity contribution in [3.8, 4) is 0 Å². The van der Waals surface area contributed by atoms with Crippen molar-refractivity contribution in [2.24, 2.45) is 0 Å². The molecule has 1 aliphatic heterocycles. The second kappa shape index (κ2) is 12.4. The molecule has 0 aromatic heterocycles. The minimum atomic E-state index is -0.744. The minimum Gasteiger partial charge on any atom is -0.363 e. The Morgan fingerprint density at radius 3 is 1.68 bits per heavy atom. The van der Waals surface area contributed by atoms with Gasteiger partial charge in [0.25, 0.3) is 0 Å². The summed E-state index contributed by atoms with van der Waals surface area (Å²) in [4.78, 5) is 0. The number of epoxide rings is 1. The summed E-state index contributed by atoms with van der Waals surface area (Å²) in [5.41, 5.74) is 0. The summed E-state index contributed by atoms with van der Waals surface area (Å²) in [6, 6.07) is 0. The molecule has 22 heavy (non-hydrogen) atoms. The summed E-state index contributed by atoms with van der Waals surface area (Å²) in [5, 5.41) is 10.3. The molecule has 132 valence electrons. The molecule has 0 bridgehead atoms. The third kappa shape index (κ3) is 9.15. The minimum absolute atomic E-state index is 0.142. The maximum atomic E-state index is 10.3. The Morgan fingerprint density at radius 2 is 1.14 bits per heavy atom. The molecule has 1 saturated heterocycles. The Morgan fingerprint density at radius 1 is 0.682 bits per heavy atom. The normalized spacial score (nSPS) is 23.9. The molecular weight excluding hydrogens is 272 g/mol. The molecule has 0 amide bonds. The Bertz CT molecular complexity index is 254. The van der Waals surface area contributed by atoms with Crippen LogP contribution in [0, 0.1) is 0 Å². The topological polar surface area (TPSA) is 32.8 Å². The first kappa shape index (κ1) is 20.0. The molecule has 2 heteroatoms. The van der Waals surface area contributed by atoms with E-state index in [1.54, 1.807) is 0 Å². The summed E-state index contributed by atoms with van der Waals surface area (Å²) in [6.45, 7) is 4.51. The summed E-state index contributed by atoms with van der Waals surface area (Å²) in [5.74, 6) is -0.744. The van der Waals surface area contributed by atoms with E-state index >= 15 is 0 Å². The SMILES string of the molecule is CCCCCCCCCCC1OC1(O)CCCCCCCC. The third-order valence-corrected chi connectivity index (χ3v) is 5.00. The monoisotopic (exact) mass is 312 g/mol. The lowest BCUT2D eigenvalue weighted by Gasteiger charge is -2.06. The van der Waals surface area contributed by atoms with E-state index in [4.69, 9.17) is 4.74 Å². The average Bonchev–Trinajstić information content (AvgIpc) is 3.16. The average molecular weight is 313 g/mol. The quantitative estimate of drug-likeness (QED) is 0.266. The smallest absolute Gasteiger partial charge is 0.192 e.